The largest absolute Gasteiger partial charge is 0.381 e. The third-order valence-electron chi connectivity index (χ3n) is 3.12. The second-order valence-electron chi connectivity index (χ2n) is 3.98. The maximum atomic E-state index is 11.7. The summed E-state index contributed by atoms with van der Waals surface area (Å²) in [5.74, 6) is 0. The van der Waals surface area contributed by atoms with Crippen LogP contribution in [0.2, 0.25) is 5.02 Å². The molecular weight excluding hydrogens is 247 g/mol. The van der Waals surface area contributed by atoms with Gasteiger partial charge in [0, 0.05) is 18.2 Å². The number of hydrogen-bond donors (Lipinski definition) is 0. The molecule has 0 saturated carbocycles. The lowest BCUT2D eigenvalue weighted by Gasteiger charge is -2.34. The minimum absolute atomic E-state index is 0.307. The summed E-state index contributed by atoms with van der Waals surface area (Å²) in [7, 11) is 0. The zero-order chi connectivity index (χ0) is 11.6. The van der Waals surface area contributed by atoms with Crippen LogP contribution in [0, 0.1) is 0 Å². The molecule has 16 heavy (non-hydrogen) atoms. The highest BCUT2D eigenvalue weighted by atomic mass is 35.5. The van der Waals surface area contributed by atoms with Crippen molar-refractivity contribution in [3.8, 4) is 0 Å². The first-order chi connectivity index (χ1) is 7.65. The Bertz CT molecular complexity index is 381. The van der Waals surface area contributed by atoms with Crippen LogP contribution in [0.25, 0.3) is 0 Å². The van der Waals surface area contributed by atoms with E-state index in [0.29, 0.717) is 31.1 Å². The average molecular weight is 259 g/mol. The highest BCUT2D eigenvalue weighted by Crippen LogP contribution is 2.37. The molecule has 1 aromatic rings. The van der Waals surface area contributed by atoms with Gasteiger partial charge in [0.25, 0.3) is 0 Å². The van der Waals surface area contributed by atoms with Crippen molar-refractivity contribution in [1.29, 1.82) is 0 Å². The molecule has 0 aliphatic carbocycles. The number of halogens is 2. The summed E-state index contributed by atoms with van der Waals surface area (Å²) >= 11 is 11.6. The number of carbonyl (C=O) groups excluding carboxylic acids is 1. The van der Waals surface area contributed by atoms with Gasteiger partial charge in [0.15, 0.2) is 0 Å². The molecule has 1 fully saturated rings. The lowest BCUT2D eigenvalue weighted by Crippen LogP contribution is -2.39. The van der Waals surface area contributed by atoms with Gasteiger partial charge in [0.05, 0.1) is 5.41 Å². The van der Waals surface area contributed by atoms with Crippen molar-refractivity contribution in [3.63, 3.8) is 0 Å². The summed E-state index contributed by atoms with van der Waals surface area (Å²) in [6.07, 6.45) is 1.27. The summed E-state index contributed by atoms with van der Waals surface area (Å²) in [4.78, 5) is 11.7. The van der Waals surface area contributed by atoms with Gasteiger partial charge in [-0.15, -0.1) is 0 Å². The van der Waals surface area contributed by atoms with Gasteiger partial charge in [-0.05, 0) is 42.1 Å². The molecular formula is C12H12Cl2O2. The summed E-state index contributed by atoms with van der Waals surface area (Å²) in [6.45, 7) is 1.14. The van der Waals surface area contributed by atoms with E-state index in [2.05, 4.69) is 0 Å². The Labute approximate surface area is 104 Å². The van der Waals surface area contributed by atoms with Crippen molar-refractivity contribution in [2.45, 2.75) is 18.3 Å². The summed E-state index contributed by atoms with van der Waals surface area (Å²) < 4.78 is 5.28. The smallest absolute Gasteiger partial charge is 0.232 e. The standard InChI is InChI=1S/C12H12Cl2O2/c13-10-3-1-9(2-4-10)12(11(14)15)5-7-16-8-6-12/h1-4H,5-8H2. The quantitative estimate of drug-likeness (QED) is 0.762. The molecule has 0 spiro atoms. The minimum Gasteiger partial charge on any atom is -0.381 e. The van der Waals surface area contributed by atoms with Gasteiger partial charge in [-0.2, -0.15) is 0 Å². The van der Waals surface area contributed by atoms with Crippen LogP contribution in [0.15, 0.2) is 24.3 Å². The number of carbonyl (C=O) groups is 1. The summed E-state index contributed by atoms with van der Waals surface area (Å²) in [6, 6.07) is 7.31. The van der Waals surface area contributed by atoms with E-state index in [1.54, 1.807) is 12.1 Å². The molecule has 0 radical (unpaired) electrons. The van der Waals surface area contributed by atoms with Gasteiger partial charge in [-0.1, -0.05) is 23.7 Å². The first kappa shape index (κ1) is 11.9. The van der Waals surface area contributed by atoms with Crippen molar-refractivity contribution in [3.05, 3.63) is 34.9 Å². The molecule has 2 nitrogen and oxygen atoms in total. The number of benzene rings is 1. The van der Waals surface area contributed by atoms with E-state index in [1.165, 1.54) is 0 Å². The predicted molar refractivity (Wildman–Crippen MR) is 64.0 cm³/mol. The molecule has 1 aliphatic heterocycles. The van der Waals surface area contributed by atoms with Crippen molar-refractivity contribution >= 4 is 28.4 Å². The average Bonchev–Trinajstić information content (AvgIpc) is 2.30. The fourth-order valence-corrected chi connectivity index (χ4v) is 2.51. The number of hydrogen-bond acceptors (Lipinski definition) is 2. The SMILES string of the molecule is O=C(Cl)C1(c2ccc(Cl)cc2)CCOCC1. The van der Waals surface area contributed by atoms with Gasteiger partial charge in [0.2, 0.25) is 5.24 Å². The Morgan fingerprint density at radius 3 is 2.25 bits per heavy atom. The maximum absolute atomic E-state index is 11.7. The molecule has 0 atom stereocenters. The Kier molecular flexibility index (Phi) is 3.53. The van der Waals surface area contributed by atoms with Crippen molar-refractivity contribution < 1.29 is 9.53 Å². The molecule has 1 saturated heterocycles. The third kappa shape index (κ3) is 2.10. The first-order valence-corrected chi connectivity index (χ1v) is 5.94. The number of rotatable bonds is 2. The highest BCUT2D eigenvalue weighted by Gasteiger charge is 2.40. The molecule has 0 bridgehead atoms. The van der Waals surface area contributed by atoms with E-state index in [4.69, 9.17) is 27.9 Å². The van der Waals surface area contributed by atoms with E-state index in [9.17, 15) is 4.79 Å². The Morgan fingerprint density at radius 1 is 1.19 bits per heavy atom. The summed E-state index contributed by atoms with van der Waals surface area (Å²) in [5.41, 5.74) is 0.338. The minimum atomic E-state index is -0.593. The Hall–Kier alpha value is -0.570. The van der Waals surface area contributed by atoms with Gasteiger partial charge in [-0.25, -0.2) is 0 Å². The van der Waals surface area contributed by atoms with Crippen LogP contribution in [0.1, 0.15) is 18.4 Å². The second kappa shape index (κ2) is 4.74. The van der Waals surface area contributed by atoms with Crippen molar-refractivity contribution in [2.75, 3.05) is 13.2 Å². The predicted octanol–water partition coefficient (Wildman–Crippen LogP) is 3.15. The molecule has 1 heterocycles. The Balaban J connectivity index is 2.38. The lowest BCUT2D eigenvalue weighted by atomic mass is 9.75. The zero-order valence-electron chi connectivity index (χ0n) is 8.71. The Morgan fingerprint density at radius 2 is 1.75 bits per heavy atom. The van der Waals surface area contributed by atoms with Crippen LogP contribution in [0.3, 0.4) is 0 Å². The third-order valence-corrected chi connectivity index (χ3v) is 3.73. The van der Waals surface area contributed by atoms with E-state index in [-0.39, 0.29) is 5.24 Å². The number of ether oxygens (including phenoxy) is 1. The van der Waals surface area contributed by atoms with Crippen molar-refractivity contribution in [1.82, 2.24) is 0 Å². The van der Waals surface area contributed by atoms with E-state index >= 15 is 0 Å². The van der Waals surface area contributed by atoms with Crippen LogP contribution in [-0.2, 0) is 14.9 Å². The fraction of sp³-hybridized carbons (Fsp3) is 0.417. The molecule has 0 aromatic heterocycles. The normalized spacial score (nSPS) is 19.4. The molecule has 86 valence electrons. The lowest BCUT2D eigenvalue weighted by molar-refractivity contribution is -0.120. The van der Waals surface area contributed by atoms with E-state index < -0.39 is 5.41 Å². The molecule has 4 heteroatoms. The van der Waals surface area contributed by atoms with E-state index in [0.717, 1.165) is 5.56 Å². The second-order valence-corrected chi connectivity index (χ2v) is 4.75. The van der Waals surface area contributed by atoms with Crippen molar-refractivity contribution in [2.24, 2.45) is 0 Å². The first-order valence-electron chi connectivity index (χ1n) is 5.19. The monoisotopic (exact) mass is 258 g/mol. The molecule has 1 aliphatic rings. The van der Waals surface area contributed by atoms with Crippen LogP contribution in [0.4, 0.5) is 0 Å². The fourth-order valence-electron chi connectivity index (χ4n) is 2.09. The van der Waals surface area contributed by atoms with Gasteiger partial charge < -0.3 is 4.74 Å². The molecule has 1 aromatic carbocycles. The van der Waals surface area contributed by atoms with Crippen LogP contribution in [-0.4, -0.2) is 18.5 Å². The summed E-state index contributed by atoms with van der Waals surface area (Å²) in [5, 5.41) is 0.353. The molecule has 2 rings (SSSR count). The molecule has 0 N–H and O–H groups in total. The molecule has 0 amide bonds. The van der Waals surface area contributed by atoms with Gasteiger partial charge >= 0.3 is 0 Å². The topological polar surface area (TPSA) is 26.3 Å². The highest BCUT2D eigenvalue weighted by molar-refractivity contribution is 6.65. The molecule has 0 unspecified atom stereocenters. The van der Waals surface area contributed by atoms with Gasteiger partial charge in [-0.3, -0.25) is 4.79 Å². The maximum Gasteiger partial charge on any atom is 0.232 e. The van der Waals surface area contributed by atoms with Gasteiger partial charge in [0.1, 0.15) is 0 Å². The van der Waals surface area contributed by atoms with Crippen LogP contribution < -0.4 is 0 Å². The zero-order valence-corrected chi connectivity index (χ0v) is 10.2. The van der Waals surface area contributed by atoms with Crippen LogP contribution in [0.5, 0.6) is 0 Å². The van der Waals surface area contributed by atoms with E-state index in [1.807, 2.05) is 12.1 Å². The van der Waals surface area contributed by atoms with Crippen LogP contribution >= 0.6 is 23.2 Å².